The third kappa shape index (κ3) is 4.37. The molecule has 1 aliphatic heterocycles. The van der Waals surface area contributed by atoms with E-state index in [1.807, 2.05) is 26.0 Å². The van der Waals surface area contributed by atoms with Crippen LogP contribution in [0.15, 0.2) is 41.4 Å². The molecule has 0 spiro atoms. The van der Waals surface area contributed by atoms with Crippen LogP contribution in [0.3, 0.4) is 0 Å². The van der Waals surface area contributed by atoms with Gasteiger partial charge in [-0.2, -0.15) is 0 Å². The number of aliphatic imine (C=N–C) groups is 1. The highest BCUT2D eigenvalue weighted by Gasteiger charge is 2.58. The Morgan fingerprint density at radius 1 is 1.06 bits per heavy atom. The minimum absolute atomic E-state index is 0.000408. The number of hydrogen-bond donors (Lipinski definition) is 2. The van der Waals surface area contributed by atoms with E-state index in [0.29, 0.717) is 38.8 Å². The fourth-order valence-corrected chi connectivity index (χ4v) is 5.04. The van der Waals surface area contributed by atoms with Gasteiger partial charge in [-0.1, -0.05) is 36.4 Å². The number of amides is 2. The van der Waals surface area contributed by atoms with Crippen LogP contribution in [0.5, 0.6) is 0 Å². The van der Waals surface area contributed by atoms with Gasteiger partial charge < -0.3 is 15.4 Å². The molecule has 0 radical (unpaired) electrons. The fourth-order valence-electron chi connectivity index (χ4n) is 5.04. The van der Waals surface area contributed by atoms with Crippen LogP contribution >= 0.6 is 0 Å². The number of allylic oxidation sites excluding steroid dienone is 2. The van der Waals surface area contributed by atoms with Crippen molar-refractivity contribution in [3.05, 3.63) is 47.5 Å². The Morgan fingerprint density at radius 2 is 1.74 bits per heavy atom. The van der Waals surface area contributed by atoms with Gasteiger partial charge in [0.15, 0.2) is 5.96 Å². The molecule has 1 saturated carbocycles. The quantitative estimate of drug-likeness (QED) is 0.275. The summed E-state index contributed by atoms with van der Waals surface area (Å²) in [6.07, 6.45) is 5.21. The highest BCUT2D eigenvalue weighted by Crippen LogP contribution is 2.52. The first kappa shape index (κ1) is 21.6. The molecule has 7 heteroatoms. The summed E-state index contributed by atoms with van der Waals surface area (Å²) in [6.45, 7) is 7.35. The molecule has 31 heavy (non-hydrogen) atoms. The summed E-state index contributed by atoms with van der Waals surface area (Å²) < 4.78 is 5.55. The molecule has 1 heterocycles. The Labute approximate surface area is 183 Å². The average Bonchev–Trinajstić information content (AvgIpc) is 3.46. The van der Waals surface area contributed by atoms with Gasteiger partial charge in [0.25, 0.3) is 0 Å². The lowest BCUT2D eigenvalue weighted by Gasteiger charge is -2.18. The number of likely N-dealkylation sites (tertiary alicyclic amines) is 1. The van der Waals surface area contributed by atoms with Gasteiger partial charge in [0.2, 0.25) is 11.8 Å². The van der Waals surface area contributed by atoms with Crippen LogP contribution in [0, 0.1) is 23.7 Å². The van der Waals surface area contributed by atoms with Crippen molar-refractivity contribution in [2.75, 3.05) is 26.2 Å². The zero-order valence-corrected chi connectivity index (χ0v) is 18.3. The molecule has 4 atom stereocenters. The number of guanidine groups is 1. The van der Waals surface area contributed by atoms with Crippen LogP contribution in [-0.2, 0) is 27.5 Å². The minimum Gasteiger partial charge on any atom is -0.377 e. The number of nitrogens with zero attached hydrogens (tertiary/aromatic N) is 2. The fraction of sp³-hybridized carbons (Fsp3) is 0.542. The van der Waals surface area contributed by atoms with Gasteiger partial charge in [0.05, 0.1) is 25.0 Å². The molecule has 4 unspecified atom stereocenters. The molecule has 1 saturated heterocycles. The van der Waals surface area contributed by atoms with Crippen LogP contribution in [-0.4, -0.2) is 48.9 Å². The summed E-state index contributed by atoms with van der Waals surface area (Å²) in [4.78, 5) is 31.8. The van der Waals surface area contributed by atoms with Crippen LogP contribution in [0.4, 0.5) is 0 Å². The summed E-state index contributed by atoms with van der Waals surface area (Å²) in [6, 6.07) is 8.13. The Kier molecular flexibility index (Phi) is 6.70. The number of carbonyl (C=O) groups excluding carboxylic acids is 2. The van der Waals surface area contributed by atoms with E-state index >= 15 is 0 Å². The zero-order chi connectivity index (χ0) is 21.8. The van der Waals surface area contributed by atoms with Gasteiger partial charge in [-0.15, -0.1) is 0 Å². The SMILES string of the molecule is CCNC(=NCc1ccccc1COCC)NCCN1C(=O)C2C3C=CC(C3)C2C1=O. The predicted octanol–water partition coefficient (Wildman–Crippen LogP) is 2.09. The van der Waals surface area contributed by atoms with Crippen molar-refractivity contribution in [3.63, 3.8) is 0 Å². The molecule has 2 amide bonds. The van der Waals surface area contributed by atoms with Gasteiger partial charge in [-0.3, -0.25) is 14.5 Å². The minimum atomic E-state index is -0.133. The normalized spacial score (nSPS) is 26.6. The standard InChI is InChI=1S/C24H32N4O3/c1-3-25-24(27-14-18-7-5-6-8-19(18)15-31-4-2)26-11-12-28-22(29)20-16-9-10-17(13-16)21(20)23(28)30/h5-10,16-17,20-21H,3-4,11-15H2,1-2H3,(H2,25,26,27). The summed E-state index contributed by atoms with van der Waals surface area (Å²) in [5.41, 5.74) is 2.25. The van der Waals surface area contributed by atoms with E-state index in [9.17, 15) is 9.59 Å². The van der Waals surface area contributed by atoms with Crippen molar-refractivity contribution >= 4 is 17.8 Å². The first-order chi connectivity index (χ1) is 15.1. The molecular formula is C24H32N4O3. The van der Waals surface area contributed by atoms with Crippen molar-refractivity contribution in [2.24, 2.45) is 28.7 Å². The Balaban J connectivity index is 1.33. The number of benzene rings is 1. The van der Waals surface area contributed by atoms with E-state index in [0.717, 1.165) is 24.1 Å². The van der Waals surface area contributed by atoms with E-state index in [1.54, 1.807) is 0 Å². The lowest BCUT2D eigenvalue weighted by Crippen LogP contribution is -2.43. The lowest BCUT2D eigenvalue weighted by molar-refractivity contribution is -0.140. The number of ether oxygens (including phenoxy) is 1. The van der Waals surface area contributed by atoms with Crippen molar-refractivity contribution in [3.8, 4) is 0 Å². The van der Waals surface area contributed by atoms with Crippen molar-refractivity contribution in [1.29, 1.82) is 0 Å². The maximum absolute atomic E-state index is 12.8. The monoisotopic (exact) mass is 424 g/mol. The molecule has 2 fully saturated rings. The molecule has 2 aliphatic carbocycles. The number of rotatable bonds is 9. The predicted molar refractivity (Wildman–Crippen MR) is 119 cm³/mol. The first-order valence-electron chi connectivity index (χ1n) is 11.3. The van der Waals surface area contributed by atoms with E-state index in [4.69, 9.17) is 4.74 Å². The summed E-state index contributed by atoms with van der Waals surface area (Å²) in [5.74, 6) is 0.910. The molecule has 1 aromatic carbocycles. The summed E-state index contributed by atoms with van der Waals surface area (Å²) in [7, 11) is 0. The van der Waals surface area contributed by atoms with Gasteiger partial charge >= 0.3 is 0 Å². The van der Waals surface area contributed by atoms with Gasteiger partial charge in [-0.25, -0.2) is 4.99 Å². The first-order valence-corrected chi connectivity index (χ1v) is 11.3. The number of nitrogens with one attached hydrogen (secondary N) is 2. The molecule has 1 aromatic rings. The van der Waals surface area contributed by atoms with Crippen LogP contribution in [0.25, 0.3) is 0 Å². The average molecular weight is 425 g/mol. The highest BCUT2D eigenvalue weighted by molar-refractivity contribution is 6.06. The Bertz CT molecular complexity index is 851. The number of fused-ring (bicyclic) bond motifs is 5. The highest BCUT2D eigenvalue weighted by atomic mass is 16.5. The van der Waals surface area contributed by atoms with E-state index in [2.05, 4.69) is 39.9 Å². The van der Waals surface area contributed by atoms with Crippen molar-refractivity contribution < 1.29 is 14.3 Å². The molecule has 4 rings (SSSR count). The van der Waals surface area contributed by atoms with Crippen LogP contribution < -0.4 is 10.6 Å². The molecule has 166 valence electrons. The number of carbonyl (C=O) groups is 2. The third-order valence-corrected chi connectivity index (χ3v) is 6.52. The van der Waals surface area contributed by atoms with Crippen LogP contribution in [0.1, 0.15) is 31.4 Å². The smallest absolute Gasteiger partial charge is 0.233 e. The molecular weight excluding hydrogens is 392 g/mol. The summed E-state index contributed by atoms with van der Waals surface area (Å²) >= 11 is 0. The third-order valence-electron chi connectivity index (χ3n) is 6.52. The van der Waals surface area contributed by atoms with E-state index in [1.165, 1.54) is 4.90 Å². The maximum Gasteiger partial charge on any atom is 0.233 e. The van der Waals surface area contributed by atoms with Gasteiger partial charge in [0.1, 0.15) is 0 Å². The largest absolute Gasteiger partial charge is 0.377 e. The Morgan fingerprint density at radius 3 is 2.39 bits per heavy atom. The topological polar surface area (TPSA) is 83.0 Å². The Hall–Kier alpha value is -2.67. The number of hydrogen-bond acceptors (Lipinski definition) is 4. The molecule has 7 nitrogen and oxygen atoms in total. The maximum atomic E-state index is 12.8. The van der Waals surface area contributed by atoms with E-state index < -0.39 is 0 Å². The second kappa shape index (κ2) is 9.64. The van der Waals surface area contributed by atoms with Gasteiger partial charge in [-0.05, 0) is 43.2 Å². The van der Waals surface area contributed by atoms with Crippen molar-refractivity contribution in [2.45, 2.75) is 33.4 Å². The molecule has 3 aliphatic rings. The molecule has 0 aromatic heterocycles. The molecule has 2 bridgehead atoms. The lowest BCUT2D eigenvalue weighted by atomic mass is 9.85. The molecule has 2 N–H and O–H groups in total. The number of imide groups is 1. The van der Waals surface area contributed by atoms with Gasteiger partial charge in [0, 0.05) is 26.2 Å². The van der Waals surface area contributed by atoms with Crippen LogP contribution in [0.2, 0.25) is 0 Å². The summed E-state index contributed by atoms with van der Waals surface area (Å²) in [5, 5.41) is 6.51. The van der Waals surface area contributed by atoms with E-state index in [-0.39, 0.29) is 35.5 Å². The zero-order valence-electron chi connectivity index (χ0n) is 18.3. The van der Waals surface area contributed by atoms with Crippen molar-refractivity contribution in [1.82, 2.24) is 15.5 Å². The second-order valence-electron chi connectivity index (χ2n) is 8.36. The second-order valence-corrected chi connectivity index (χ2v) is 8.36.